The van der Waals surface area contributed by atoms with Crippen LogP contribution in [0.25, 0.3) is 0 Å². The molecule has 0 aliphatic heterocycles. The summed E-state index contributed by atoms with van der Waals surface area (Å²) in [6.45, 7) is 13.6. The summed E-state index contributed by atoms with van der Waals surface area (Å²) in [6.07, 6.45) is 12.6. The summed E-state index contributed by atoms with van der Waals surface area (Å²) in [6, 6.07) is 0. The van der Waals surface area contributed by atoms with Crippen LogP contribution in [0.2, 0.25) is 0 Å². The first-order valence-electron chi connectivity index (χ1n) is 8.67. The van der Waals surface area contributed by atoms with Crippen molar-refractivity contribution in [3.63, 3.8) is 0 Å². The van der Waals surface area contributed by atoms with Gasteiger partial charge in [-0.2, -0.15) is 0 Å². The third-order valence-corrected chi connectivity index (χ3v) is 6.60. The average Bonchev–Trinajstić information content (AvgIpc) is 2.35. The number of allylic oxidation sites excluding steroid dienone is 3. The van der Waals surface area contributed by atoms with Crippen LogP contribution in [-0.2, 0) is 0 Å². The summed E-state index contributed by atoms with van der Waals surface area (Å²) < 4.78 is 0. The summed E-state index contributed by atoms with van der Waals surface area (Å²) in [5, 5.41) is 11.0. The largest absolute Gasteiger partial charge is 0.390 e. The number of hydrogen-bond donors (Lipinski definition) is 1. The first kappa shape index (κ1) is 16.8. The van der Waals surface area contributed by atoms with E-state index in [0.717, 1.165) is 12.3 Å². The highest BCUT2D eigenvalue weighted by Gasteiger charge is 2.56. The van der Waals surface area contributed by atoms with Crippen molar-refractivity contribution in [2.45, 2.75) is 79.2 Å². The summed E-state index contributed by atoms with van der Waals surface area (Å²) in [4.78, 5) is 0. The van der Waals surface area contributed by atoms with Crippen LogP contribution in [-0.4, -0.2) is 10.7 Å². The Balaban J connectivity index is 2.39. The van der Waals surface area contributed by atoms with Crippen molar-refractivity contribution in [1.29, 1.82) is 0 Å². The summed E-state index contributed by atoms with van der Waals surface area (Å²) in [5.41, 5.74) is 1.36. The second kappa shape index (κ2) is 5.57. The molecule has 0 bridgehead atoms. The predicted octanol–water partition coefficient (Wildman–Crippen LogP) is 5.50. The molecule has 0 spiro atoms. The molecular formula is C20H34O. The molecule has 0 saturated heterocycles. The van der Waals surface area contributed by atoms with Gasteiger partial charge in [-0.1, -0.05) is 51.0 Å². The lowest BCUT2D eigenvalue weighted by molar-refractivity contribution is -0.149. The highest BCUT2D eigenvalue weighted by molar-refractivity contribution is 5.21. The molecule has 2 saturated carbocycles. The van der Waals surface area contributed by atoms with Gasteiger partial charge in [-0.15, -0.1) is 0 Å². The number of hydrogen-bond acceptors (Lipinski definition) is 1. The van der Waals surface area contributed by atoms with Gasteiger partial charge in [0, 0.05) is 5.92 Å². The molecule has 0 radical (unpaired) electrons. The molecule has 2 aliphatic rings. The molecule has 1 heteroatoms. The molecule has 2 rings (SSSR count). The molecule has 0 aromatic heterocycles. The first-order valence-corrected chi connectivity index (χ1v) is 8.67. The van der Waals surface area contributed by atoms with E-state index in [2.05, 4.69) is 59.8 Å². The molecule has 1 N–H and O–H groups in total. The number of fused-ring (bicyclic) bond motifs is 1. The van der Waals surface area contributed by atoms with Gasteiger partial charge in [-0.3, -0.25) is 0 Å². The van der Waals surface area contributed by atoms with Gasteiger partial charge in [0.05, 0.1) is 5.60 Å². The maximum absolute atomic E-state index is 11.0. The van der Waals surface area contributed by atoms with Crippen LogP contribution in [0.3, 0.4) is 0 Å². The Kier molecular flexibility index (Phi) is 4.46. The quantitative estimate of drug-likeness (QED) is 0.665. The summed E-state index contributed by atoms with van der Waals surface area (Å²) in [5.74, 6) is 0.984. The Labute approximate surface area is 131 Å². The number of aliphatic hydroxyl groups is 1. The van der Waals surface area contributed by atoms with Gasteiger partial charge in [0.25, 0.3) is 0 Å². The van der Waals surface area contributed by atoms with Crippen molar-refractivity contribution in [3.05, 3.63) is 23.8 Å². The molecule has 2 aliphatic carbocycles. The number of rotatable bonds is 2. The van der Waals surface area contributed by atoms with Crippen LogP contribution in [0, 0.1) is 22.7 Å². The molecule has 0 aromatic carbocycles. The lowest BCUT2D eigenvalue weighted by Crippen LogP contribution is -2.56. The standard InChI is InChI=1S/C20H34O/c1-7-15(2)9-10-17-19(5)13-8-12-18(3,4)16(19)11-14-20(17,6)21/h7,9-10,16-17,21H,8,11-14H2,1-6H3/b10-9+,15-7+/t16-,17+,19+,20+/m0/s1. The van der Waals surface area contributed by atoms with Crippen LogP contribution in [0.4, 0.5) is 0 Å². The predicted molar refractivity (Wildman–Crippen MR) is 91.1 cm³/mol. The lowest BCUT2D eigenvalue weighted by Gasteiger charge is -2.60. The van der Waals surface area contributed by atoms with Crippen LogP contribution in [0.1, 0.15) is 73.6 Å². The Hall–Kier alpha value is -0.560. The molecule has 0 amide bonds. The molecule has 0 unspecified atom stereocenters. The van der Waals surface area contributed by atoms with E-state index in [1.54, 1.807) is 0 Å². The summed E-state index contributed by atoms with van der Waals surface area (Å²) >= 11 is 0. The monoisotopic (exact) mass is 290 g/mol. The van der Waals surface area contributed by atoms with Crippen molar-refractivity contribution in [3.8, 4) is 0 Å². The average molecular weight is 290 g/mol. The Morgan fingerprint density at radius 1 is 1.10 bits per heavy atom. The zero-order valence-corrected chi connectivity index (χ0v) is 14.9. The normalized spacial score (nSPS) is 43.9. The van der Waals surface area contributed by atoms with Crippen molar-refractivity contribution >= 4 is 0 Å². The van der Waals surface area contributed by atoms with Gasteiger partial charge in [0.1, 0.15) is 0 Å². The third-order valence-electron chi connectivity index (χ3n) is 6.60. The second-order valence-electron chi connectivity index (χ2n) is 8.67. The Bertz CT molecular complexity index is 441. The van der Waals surface area contributed by atoms with E-state index < -0.39 is 5.60 Å². The molecule has 2 fully saturated rings. The SMILES string of the molecule is C/C=C(C)/C=C/[C@@H]1[C@]2(C)CCCC(C)(C)[C@@H]2CC[C@@]1(C)O. The van der Waals surface area contributed by atoms with E-state index in [9.17, 15) is 5.11 Å². The molecule has 21 heavy (non-hydrogen) atoms. The molecule has 0 heterocycles. The van der Waals surface area contributed by atoms with Crippen molar-refractivity contribution < 1.29 is 5.11 Å². The van der Waals surface area contributed by atoms with Crippen molar-refractivity contribution in [2.24, 2.45) is 22.7 Å². The topological polar surface area (TPSA) is 20.2 Å². The molecule has 1 nitrogen and oxygen atoms in total. The Morgan fingerprint density at radius 3 is 2.38 bits per heavy atom. The van der Waals surface area contributed by atoms with E-state index in [-0.39, 0.29) is 11.3 Å². The zero-order chi connectivity index (χ0) is 15.9. The fraction of sp³-hybridized carbons (Fsp3) is 0.800. The van der Waals surface area contributed by atoms with Gasteiger partial charge in [-0.05, 0) is 63.2 Å². The minimum absolute atomic E-state index is 0.230. The van der Waals surface area contributed by atoms with Crippen LogP contribution in [0.15, 0.2) is 23.8 Å². The molecular weight excluding hydrogens is 256 g/mol. The van der Waals surface area contributed by atoms with Crippen molar-refractivity contribution in [1.82, 2.24) is 0 Å². The summed E-state index contributed by atoms with van der Waals surface area (Å²) in [7, 11) is 0. The highest BCUT2D eigenvalue weighted by atomic mass is 16.3. The van der Waals surface area contributed by atoms with E-state index in [4.69, 9.17) is 0 Å². The minimum Gasteiger partial charge on any atom is -0.390 e. The van der Waals surface area contributed by atoms with E-state index in [0.29, 0.717) is 5.41 Å². The Morgan fingerprint density at radius 2 is 1.76 bits per heavy atom. The van der Waals surface area contributed by atoms with Gasteiger partial charge in [0.15, 0.2) is 0 Å². The molecule has 0 aromatic rings. The van der Waals surface area contributed by atoms with E-state index >= 15 is 0 Å². The first-order chi connectivity index (χ1) is 9.63. The van der Waals surface area contributed by atoms with Gasteiger partial charge in [-0.25, -0.2) is 0 Å². The molecule has 120 valence electrons. The lowest BCUT2D eigenvalue weighted by atomic mass is 9.45. The van der Waals surface area contributed by atoms with Crippen molar-refractivity contribution in [2.75, 3.05) is 0 Å². The maximum Gasteiger partial charge on any atom is 0.0687 e. The fourth-order valence-corrected chi connectivity index (χ4v) is 5.33. The fourth-order valence-electron chi connectivity index (χ4n) is 5.33. The second-order valence-corrected chi connectivity index (χ2v) is 8.67. The van der Waals surface area contributed by atoms with Gasteiger partial charge >= 0.3 is 0 Å². The van der Waals surface area contributed by atoms with Crippen LogP contribution >= 0.6 is 0 Å². The minimum atomic E-state index is -0.566. The zero-order valence-electron chi connectivity index (χ0n) is 14.9. The van der Waals surface area contributed by atoms with Gasteiger partial charge in [0.2, 0.25) is 0 Å². The van der Waals surface area contributed by atoms with Crippen LogP contribution < -0.4 is 0 Å². The highest BCUT2D eigenvalue weighted by Crippen LogP contribution is 2.62. The maximum atomic E-state index is 11.0. The van der Waals surface area contributed by atoms with E-state index in [1.165, 1.54) is 31.3 Å². The van der Waals surface area contributed by atoms with E-state index in [1.807, 2.05) is 0 Å². The van der Waals surface area contributed by atoms with Gasteiger partial charge < -0.3 is 5.11 Å². The third kappa shape index (κ3) is 2.99. The molecule has 4 atom stereocenters. The smallest absolute Gasteiger partial charge is 0.0687 e. The van der Waals surface area contributed by atoms with Crippen LogP contribution in [0.5, 0.6) is 0 Å².